The SMILES string of the molecule is CCCCCCCCCCC/C=C\C/C=C\CCCCCCCCCCCCCCCCCC(=O)NC(COP(=O)([O-])OCC[N+](C)(C)C)C(O)/C=C/CC/C=C/CCCCCCCCCCCCCCCCCCCC. The van der Waals surface area contributed by atoms with Crippen molar-refractivity contribution in [2.24, 2.45) is 0 Å². The number of allylic oxidation sites excluding steroid dienone is 7. The number of unbranched alkanes of at least 4 members (excludes halogenated alkanes) is 43. The quantitative estimate of drug-likeness (QED) is 0.0272. The van der Waals surface area contributed by atoms with E-state index in [0.717, 1.165) is 44.9 Å². The van der Waals surface area contributed by atoms with Crippen molar-refractivity contribution in [1.82, 2.24) is 5.32 Å². The highest BCUT2D eigenvalue weighted by molar-refractivity contribution is 7.45. The summed E-state index contributed by atoms with van der Waals surface area (Å²) in [5.41, 5.74) is 0. The van der Waals surface area contributed by atoms with Gasteiger partial charge in [-0.25, -0.2) is 0 Å². The van der Waals surface area contributed by atoms with Crippen molar-refractivity contribution in [2.75, 3.05) is 40.9 Å². The van der Waals surface area contributed by atoms with Crippen LogP contribution in [0.4, 0.5) is 0 Å². The van der Waals surface area contributed by atoms with E-state index in [1.54, 1.807) is 6.08 Å². The molecule has 0 spiro atoms. The molecule has 3 unspecified atom stereocenters. The van der Waals surface area contributed by atoms with Gasteiger partial charge in [-0.1, -0.05) is 306 Å². The Hall–Kier alpha value is -1.54. The monoisotopic (exact) mass is 1100 g/mol. The van der Waals surface area contributed by atoms with E-state index in [0.29, 0.717) is 17.4 Å². The van der Waals surface area contributed by atoms with Crippen LogP contribution in [0.2, 0.25) is 0 Å². The van der Waals surface area contributed by atoms with Gasteiger partial charge in [-0.3, -0.25) is 9.36 Å². The van der Waals surface area contributed by atoms with Crippen LogP contribution in [0.1, 0.15) is 328 Å². The molecule has 0 aromatic carbocycles. The van der Waals surface area contributed by atoms with Crippen LogP contribution >= 0.6 is 7.82 Å². The predicted molar refractivity (Wildman–Crippen MR) is 334 cm³/mol. The third-order valence-corrected chi connectivity index (χ3v) is 16.2. The molecule has 0 aliphatic heterocycles. The first kappa shape index (κ1) is 75.5. The molecule has 0 aromatic heterocycles. The van der Waals surface area contributed by atoms with Crippen LogP contribution < -0.4 is 10.2 Å². The highest BCUT2D eigenvalue weighted by Crippen LogP contribution is 2.38. The Morgan fingerprint density at radius 3 is 1.13 bits per heavy atom. The number of quaternary nitrogens is 1. The summed E-state index contributed by atoms with van der Waals surface area (Å²) >= 11 is 0. The van der Waals surface area contributed by atoms with E-state index in [2.05, 4.69) is 55.6 Å². The number of phosphoric ester groups is 1. The molecule has 3 atom stereocenters. The van der Waals surface area contributed by atoms with Crippen molar-refractivity contribution in [1.29, 1.82) is 0 Å². The number of likely N-dealkylation sites (N-methyl/N-ethyl adjacent to an activating group) is 1. The summed E-state index contributed by atoms with van der Waals surface area (Å²) in [6.45, 7) is 4.67. The van der Waals surface area contributed by atoms with Gasteiger partial charge in [0.1, 0.15) is 13.2 Å². The van der Waals surface area contributed by atoms with Crippen LogP contribution in [0.5, 0.6) is 0 Å². The number of carbonyl (C=O) groups is 1. The molecule has 8 nitrogen and oxygen atoms in total. The number of nitrogens with one attached hydrogen (secondary N) is 1. The summed E-state index contributed by atoms with van der Waals surface area (Å²) in [5, 5.41) is 13.9. The normalized spacial score (nSPS) is 14.0. The summed E-state index contributed by atoms with van der Waals surface area (Å²) in [5.74, 6) is -0.203. The summed E-state index contributed by atoms with van der Waals surface area (Å²) in [4.78, 5) is 25.6. The lowest BCUT2D eigenvalue weighted by Gasteiger charge is -2.29. The van der Waals surface area contributed by atoms with E-state index in [4.69, 9.17) is 9.05 Å². The van der Waals surface area contributed by atoms with Gasteiger partial charge in [-0.2, -0.15) is 0 Å². The first-order valence-electron chi connectivity index (χ1n) is 33.5. The van der Waals surface area contributed by atoms with Crippen molar-refractivity contribution in [3.63, 3.8) is 0 Å². The van der Waals surface area contributed by atoms with Gasteiger partial charge in [0, 0.05) is 6.42 Å². The van der Waals surface area contributed by atoms with E-state index >= 15 is 0 Å². The van der Waals surface area contributed by atoms with Crippen LogP contribution in [-0.4, -0.2) is 68.5 Å². The molecule has 1 amide bonds. The van der Waals surface area contributed by atoms with E-state index in [1.165, 1.54) is 263 Å². The molecule has 0 heterocycles. The standard InChI is InChI=1S/C68H131N2O6P/c1-6-8-10-12-14-16-18-20-22-24-26-28-30-32-33-34-35-36-37-38-40-42-44-46-48-50-52-54-56-58-60-62-68(72)69-66(65-76-77(73,74)75-64-63-70(3,4)5)67(71)61-59-57-55-53-51-49-47-45-43-41-39-31-29-27-25-23-21-19-17-15-13-11-9-7-2/h26,28,32-33,51,53,59,61,66-67,71H,6-25,27,29-31,34-50,52,54-58,60,62-65H2,1-5H3,(H-,69,72,73,74)/b28-26-,33-32-,53-51+,61-59+. The molecule has 0 saturated carbocycles. The zero-order valence-corrected chi connectivity index (χ0v) is 52.8. The highest BCUT2D eigenvalue weighted by Gasteiger charge is 2.23. The van der Waals surface area contributed by atoms with E-state index in [9.17, 15) is 19.4 Å². The molecule has 0 bridgehead atoms. The number of carbonyl (C=O) groups excluding carboxylic acids is 1. The molecule has 0 radical (unpaired) electrons. The number of nitrogens with zero attached hydrogens (tertiary/aromatic N) is 1. The van der Waals surface area contributed by atoms with Gasteiger partial charge in [-0.05, 0) is 64.2 Å². The van der Waals surface area contributed by atoms with Gasteiger partial charge in [0.2, 0.25) is 5.91 Å². The minimum absolute atomic E-state index is 0.00603. The second-order valence-electron chi connectivity index (χ2n) is 24.2. The molecule has 77 heavy (non-hydrogen) atoms. The zero-order valence-electron chi connectivity index (χ0n) is 51.9. The van der Waals surface area contributed by atoms with Crippen molar-refractivity contribution < 1.29 is 32.9 Å². The van der Waals surface area contributed by atoms with Crippen molar-refractivity contribution in [2.45, 2.75) is 341 Å². The summed E-state index contributed by atoms with van der Waals surface area (Å²) in [7, 11) is 1.25. The molecule has 454 valence electrons. The number of aliphatic hydroxyl groups is 1. The number of rotatable bonds is 62. The third kappa shape index (κ3) is 61.9. The lowest BCUT2D eigenvalue weighted by molar-refractivity contribution is -0.870. The van der Waals surface area contributed by atoms with Crippen LogP contribution in [0.25, 0.3) is 0 Å². The van der Waals surface area contributed by atoms with Crippen LogP contribution in [0.15, 0.2) is 48.6 Å². The third-order valence-electron chi connectivity index (χ3n) is 15.3. The van der Waals surface area contributed by atoms with Crippen LogP contribution in [-0.2, 0) is 18.4 Å². The van der Waals surface area contributed by atoms with Crippen molar-refractivity contribution in [3.8, 4) is 0 Å². The molecule has 0 rings (SSSR count). The topological polar surface area (TPSA) is 108 Å². The average molecular weight is 1100 g/mol. The number of hydrogen-bond acceptors (Lipinski definition) is 6. The highest BCUT2D eigenvalue weighted by atomic mass is 31.2. The van der Waals surface area contributed by atoms with Gasteiger partial charge >= 0.3 is 0 Å². The maximum Gasteiger partial charge on any atom is 0.268 e. The Morgan fingerprint density at radius 2 is 0.766 bits per heavy atom. The van der Waals surface area contributed by atoms with Gasteiger partial charge in [-0.15, -0.1) is 0 Å². The van der Waals surface area contributed by atoms with Gasteiger partial charge in [0.15, 0.2) is 0 Å². The fraction of sp³-hybridized carbons (Fsp3) is 0.868. The summed E-state index contributed by atoms with van der Waals surface area (Å²) < 4.78 is 23.4. The smallest absolute Gasteiger partial charge is 0.268 e. The minimum Gasteiger partial charge on any atom is -0.756 e. The van der Waals surface area contributed by atoms with Gasteiger partial charge in [0.05, 0.1) is 39.9 Å². The molecular formula is C68H131N2O6P. The van der Waals surface area contributed by atoms with Crippen LogP contribution in [0, 0.1) is 0 Å². The first-order valence-corrected chi connectivity index (χ1v) is 35.0. The second-order valence-corrected chi connectivity index (χ2v) is 25.6. The zero-order chi connectivity index (χ0) is 56.3. The predicted octanol–water partition coefficient (Wildman–Crippen LogP) is 20.4. The fourth-order valence-electron chi connectivity index (χ4n) is 10.0. The number of aliphatic hydroxyl groups excluding tert-OH is 1. The fourth-order valence-corrected chi connectivity index (χ4v) is 10.8. The Bertz CT molecular complexity index is 1390. The summed E-state index contributed by atoms with van der Waals surface area (Å²) in [6.07, 6.45) is 79.4. The molecular weight excluding hydrogens is 972 g/mol. The Morgan fingerprint density at radius 1 is 0.455 bits per heavy atom. The van der Waals surface area contributed by atoms with Crippen LogP contribution in [0.3, 0.4) is 0 Å². The lowest BCUT2D eigenvalue weighted by Crippen LogP contribution is -2.45. The minimum atomic E-state index is -4.61. The van der Waals surface area contributed by atoms with E-state index in [1.807, 2.05) is 27.2 Å². The average Bonchev–Trinajstić information content (AvgIpc) is 3.39. The molecule has 2 N–H and O–H groups in total. The molecule has 0 aromatic rings. The molecule has 9 heteroatoms. The number of amides is 1. The maximum atomic E-state index is 13.0. The Labute approximate surface area is 479 Å². The maximum absolute atomic E-state index is 13.0. The van der Waals surface area contributed by atoms with Gasteiger partial charge in [0.25, 0.3) is 7.82 Å². The second kappa shape index (κ2) is 59.1. The van der Waals surface area contributed by atoms with Crippen molar-refractivity contribution in [3.05, 3.63) is 48.6 Å². The van der Waals surface area contributed by atoms with Crippen molar-refractivity contribution >= 4 is 13.7 Å². The Kier molecular flexibility index (Phi) is 57.9. The largest absolute Gasteiger partial charge is 0.756 e. The molecule has 0 aliphatic carbocycles. The lowest BCUT2D eigenvalue weighted by atomic mass is 10.0. The molecule has 0 aliphatic rings. The van der Waals surface area contributed by atoms with Gasteiger partial charge < -0.3 is 28.8 Å². The Balaban J connectivity index is 4.12. The molecule has 0 saturated heterocycles. The van der Waals surface area contributed by atoms with E-state index in [-0.39, 0.29) is 12.5 Å². The number of phosphoric acid groups is 1. The van der Waals surface area contributed by atoms with E-state index < -0.39 is 26.6 Å². The first-order chi connectivity index (χ1) is 37.5. The number of hydrogen-bond donors (Lipinski definition) is 2. The summed E-state index contributed by atoms with van der Waals surface area (Å²) in [6, 6.07) is -0.905. The molecule has 0 fully saturated rings.